The fourth-order valence-corrected chi connectivity index (χ4v) is 0.318. The SMILES string of the molecule is CC(C)OC(=O)OCC#N. The van der Waals surface area contributed by atoms with E-state index in [0.717, 1.165) is 0 Å². The van der Waals surface area contributed by atoms with Gasteiger partial charge in [0, 0.05) is 0 Å². The van der Waals surface area contributed by atoms with Gasteiger partial charge in [0.15, 0.2) is 6.61 Å². The van der Waals surface area contributed by atoms with Crippen molar-refractivity contribution >= 4 is 6.16 Å². The average molecular weight is 143 g/mol. The Hall–Kier alpha value is -1.24. The zero-order chi connectivity index (χ0) is 7.98. The molecule has 0 heterocycles. The molecule has 0 rings (SSSR count). The third-order valence-electron chi connectivity index (χ3n) is 0.586. The summed E-state index contributed by atoms with van der Waals surface area (Å²) in [5.41, 5.74) is 0. The van der Waals surface area contributed by atoms with Crippen molar-refractivity contribution in [1.82, 2.24) is 0 Å². The Morgan fingerprint density at radius 3 is 2.70 bits per heavy atom. The largest absolute Gasteiger partial charge is 0.509 e. The fourth-order valence-electron chi connectivity index (χ4n) is 0.318. The Morgan fingerprint density at radius 2 is 2.30 bits per heavy atom. The molecule has 0 unspecified atom stereocenters. The van der Waals surface area contributed by atoms with E-state index in [1.807, 2.05) is 0 Å². The van der Waals surface area contributed by atoms with Crippen molar-refractivity contribution in [2.45, 2.75) is 20.0 Å². The molecule has 0 aliphatic heterocycles. The summed E-state index contributed by atoms with van der Waals surface area (Å²) in [5, 5.41) is 7.97. The Kier molecular flexibility index (Phi) is 4.05. The Bertz CT molecular complexity index is 148. The zero-order valence-electron chi connectivity index (χ0n) is 5.96. The molecule has 0 saturated heterocycles. The minimum Gasteiger partial charge on any atom is -0.432 e. The van der Waals surface area contributed by atoms with E-state index in [1.165, 1.54) is 0 Å². The van der Waals surface area contributed by atoms with E-state index in [9.17, 15) is 4.79 Å². The van der Waals surface area contributed by atoms with Crippen LogP contribution in [0, 0.1) is 11.3 Å². The van der Waals surface area contributed by atoms with Crippen molar-refractivity contribution in [3.8, 4) is 6.07 Å². The number of ether oxygens (including phenoxy) is 2. The summed E-state index contributed by atoms with van der Waals surface area (Å²) in [7, 11) is 0. The molecule has 0 aromatic carbocycles. The highest BCUT2D eigenvalue weighted by Crippen LogP contribution is 1.91. The van der Waals surface area contributed by atoms with Crippen LogP contribution in [-0.4, -0.2) is 18.9 Å². The highest BCUT2D eigenvalue weighted by molar-refractivity contribution is 5.60. The molecular formula is C6H9NO3. The molecule has 0 spiro atoms. The average Bonchev–Trinajstić information content (AvgIpc) is 1.82. The monoisotopic (exact) mass is 143 g/mol. The quantitative estimate of drug-likeness (QED) is 0.542. The van der Waals surface area contributed by atoms with E-state index in [2.05, 4.69) is 9.47 Å². The maximum atomic E-state index is 10.4. The minimum atomic E-state index is -0.795. The number of nitrogens with zero attached hydrogens (tertiary/aromatic N) is 1. The van der Waals surface area contributed by atoms with Crippen LogP contribution >= 0.6 is 0 Å². The van der Waals surface area contributed by atoms with Crippen LogP contribution in [0.4, 0.5) is 4.79 Å². The van der Waals surface area contributed by atoms with Crippen LogP contribution in [0.25, 0.3) is 0 Å². The van der Waals surface area contributed by atoms with Gasteiger partial charge in [-0.1, -0.05) is 0 Å². The van der Waals surface area contributed by atoms with Gasteiger partial charge in [-0.3, -0.25) is 0 Å². The molecule has 0 aliphatic rings. The zero-order valence-corrected chi connectivity index (χ0v) is 5.96. The Labute approximate surface area is 59.3 Å². The first-order chi connectivity index (χ1) is 4.66. The van der Waals surface area contributed by atoms with Crippen LogP contribution in [0.2, 0.25) is 0 Å². The van der Waals surface area contributed by atoms with Gasteiger partial charge in [0.05, 0.1) is 6.10 Å². The standard InChI is InChI=1S/C6H9NO3/c1-5(2)10-6(8)9-4-3-7/h5H,4H2,1-2H3. The second kappa shape index (κ2) is 4.62. The van der Waals surface area contributed by atoms with Crippen molar-refractivity contribution < 1.29 is 14.3 Å². The first-order valence-electron chi connectivity index (χ1n) is 2.87. The van der Waals surface area contributed by atoms with E-state index in [-0.39, 0.29) is 12.7 Å². The van der Waals surface area contributed by atoms with E-state index >= 15 is 0 Å². The molecule has 0 atom stereocenters. The van der Waals surface area contributed by atoms with Gasteiger partial charge in [-0.2, -0.15) is 5.26 Å². The number of carbonyl (C=O) groups excluding carboxylic acids is 1. The number of nitriles is 1. The van der Waals surface area contributed by atoms with E-state index in [4.69, 9.17) is 5.26 Å². The molecule has 0 amide bonds. The second-order valence-corrected chi connectivity index (χ2v) is 1.86. The molecule has 0 saturated carbocycles. The summed E-state index contributed by atoms with van der Waals surface area (Å²) in [5.74, 6) is 0. The Morgan fingerprint density at radius 1 is 1.70 bits per heavy atom. The smallest absolute Gasteiger partial charge is 0.432 e. The molecule has 10 heavy (non-hydrogen) atoms. The lowest BCUT2D eigenvalue weighted by Gasteiger charge is -2.05. The molecule has 56 valence electrons. The van der Waals surface area contributed by atoms with Crippen LogP contribution in [0.3, 0.4) is 0 Å². The number of carbonyl (C=O) groups is 1. The normalized spacial score (nSPS) is 8.60. The molecule has 4 heteroatoms. The molecule has 0 N–H and O–H groups in total. The topological polar surface area (TPSA) is 59.3 Å². The fraction of sp³-hybridized carbons (Fsp3) is 0.667. The molecule has 0 radical (unpaired) electrons. The first kappa shape index (κ1) is 8.76. The van der Waals surface area contributed by atoms with Gasteiger partial charge >= 0.3 is 6.16 Å². The van der Waals surface area contributed by atoms with E-state index in [0.29, 0.717) is 0 Å². The molecule has 0 fully saturated rings. The molecule has 0 aromatic rings. The highest BCUT2D eigenvalue weighted by Gasteiger charge is 2.04. The second-order valence-electron chi connectivity index (χ2n) is 1.86. The molecule has 0 aromatic heterocycles. The van der Waals surface area contributed by atoms with Crippen molar-refractivity contribution in [3.63, 3.8) is 0 Å². The van der Waals surface area contributed by atoms with Crippen LogP contribution < -0.4 is 0 Å². The van der Waals surface area contributed by atoms with Gasteiger partial charge < -0.3 is 9.47 Å². The van der Waals surface area contributed by atoms with Crippen molar-refractivity contribution in [2.24, 2.45) is 0 Å². The summed E-state index contributed by atoms with van der Waals surface area (Å²) < 4.78 is 8.82. The predicted octanol–water partition coefficient (Wildman–Crippen LogP) is 1.07. The van der Waals surface area contributed by atoms with Crippen LogP contribution in [-0.2, 0) is 9.47 Å². The van der Waals surface area contributed by atoms with Crippen LogP contribution in [0.1, 0.15) is 13.8 Å². The van der Waals surface area contributed by atoms with Gasteiger partial charge in [0.25, 0.3) is 0 Å². The van der Waals surface area contributed by atoms with Crippen molar-refractivity contribution in [2.75, 3.05) is 6.61 Å². The molecule has 0 bridgehead atoms. The summed E-state index contributed by atoms with van der Waals surface area (Å²) in [6, 6.07) is 1.65. The van der Waals surface area contributed by atoms with E-state index < -0.39 is 6.16 Å². The first-order valence-corrected chi connectivity index (χ1v) is 2.87. The van der Waals surface area contributed by atoms with Gasteiger partial charge in [-0.25, -0.2) is 4.79 Å². The molecular weight excluding hydrogens is 134 g/mol. The summed E-state index contributed by atoms with van der Waals surface area (Å²) in [6.07, 6.45) is -0.997. The predicted molar refractivity (Wildman–Crippen MR) is 33.2 cm³/mol. The van der Waals surface area contributed by atoms with Crippen LogP contribution in [0.5, 0.6) is 0 Å². The lowest BCUT2D eigenvalue weighted by atomic mass is 10.5. The number of rotatable bonds is 2. The molecule has 4 nitrogen and oxygen atoms in total. The van der Waals surface area contributed by atoms with Gasteiger partial charge in [-0.05, 0) is 13.8 Å². The van der Waals surface area contributed by atoms with Crippen LogP contribution in [0.15, 0.2) is 0 Å². The highest BCUT2D eigenvalue weighted by atomic mass is 16.7. The van der Waals surface area contributed by atoms with Gasteiger partial charge in [-0.15, -0.1) is 0 Å². The summed E-state index contributed by atoms with van der Waals surface area (Å²) >= 11 is 0. The number of hydrogen-bond acceptors (Lipinski definition) is 4. The summed E-state index contributed by atoms with van der Waals surface area (Å²) in [6.45, 7) is 3.15. The summed E-state index contributed by atoms with van der Waals surface area (Å²) in [4.78, 5) is 10.4. The maximum Gasteiger partial charge on any atom is 0.509 e. The minimum absolute atomic E-state index is 0.203. The van der Waals surface area contributed by atoms with Crippen molar-refractivity contribution in [1.29, 1.82) is 5.26 Å². The number of hydrogen-bond donors (Lipinski definition) is 0. The van der Waals surface area contributed by atoms with E-state index in [1.54, 1.807) is 19.9 Å². The van der Waals surface area contributed by atoms with Crippen molar-refractivity contribution in [3.05, 3.63) is 0 Å². The third-order valence-corrected chi connectivity index (χ3v) is 0.586. The third kappa shape index (κ3) is 4.91. The van der Waals surface area contributed by atoms with Gasteiger partial charge in [0.2, 0.25) is 0 Å². The van der Waals surface area contributed by atoms with Gasteiger partial charge in [0.1, 0.15) is 6.07 Å². The Balaban J connectivity index is 3.37. The lowest BCUT2D eigenvalue weighted by Crippen LogP contribution is -2.12. The molecule has 0 aliphatic carbocycles. The maximum absolute atomic E-state index is 10.4. The lowest BCUT2D eigenvalue weighted by molar-refractivity contribution is 0.0423.